The van der Waals surface area contributed by atoms with Crippen LogP contribution in [0.4, 0.5) is 11.4 Å². The summed E-state index contributed by atoms with van der Waals surface area (Å²) in [6.07, 6.45) is 4.24. The van der Waals surface area contributed by atoms with Crippen LogP contribution in [0.2, 0.25) is 0 Å². The summed E-state index contributed by atoms with van der Waals surface area (Å²) in [5, 5.41) is 8.95. The molecule has 14 nitrogen and oxygen atoms in total. The van der Waals surface area contributed by atoms with Gasteiger partial charge in [0.15, 0.2) is 0 Å². The molecule has 2 saturated heterocycles. The fraction of sp³-hybridized carbons (Fsp3) is 0.390. The summed E-state index contributed by atoms with van der Waals surface area (Å²) in [5.74, 6) is 1.12. The van der Waals surface area contributed by atoms with Gasteiger partial charge in [-0.1, -0.05) is 12.1 Å². The molecular weight excluding hydrogens is 985 g/mol. The first-order valence-corrected chi connectivity index (χ1v) is 28.0. The predicted molar refractivity (Wildman–Crippen MR) is 300 cm³/mol. The number of hydrogen-bond acceptors (Lipinski definition) is 16. The van der Waals surface area contributed by atoms with Crippen molar-refractivity contribution in [1.29, 1.82) is 0 Å². The largest absolute Gasteiger partial charge is 0.494 e. The molecule has 10 rings (SSSR count). The van der Waals surface area contributed by atoms with Crippen molar-refractivity contribution in [3.8, 4) is 23.3 Å². The van der Waals surface area contributed by atoms with Crippen molar-refractivity contribution in [3.05, 3.63) is 120 Å². The number of rotatable bonds is 24. The molecule has 0 atom stereocenters. The Labute approximate surface area is 446 Å². The molecule has 0 unspecified atom stereocenters. The third kappa shape index (κ3) is 13.6. The fourth-order valence-electron chi connectivity index (χ4n) is 9.77. The van der Waals surface area contributed by atoms with Gasteiger partial charge in [-0.2, -0.15) is 0 Å². The van der Waals surface area contributed by atoms with E-state index in [0.29, 0.717) is 36.0 Å². The second-order valence-electron chi connectivity index (χ2n) is 19.9. The molecule has 0 radical (unpaired) electrons. The third-order valence-electron chi connectivity index (χ3n) is 14.3. The highest BCUT2D eigenvalue weighted by Crippen LogP contribution is 2.33. The first kappa shape index (κ1) is 51.8. The highest BCUT2D eigenvalue weighted by molar-refractivity contribution is 7.17. The minimum atomic E-state index is -0.975. The molecule has 2 aliphatic rings. The minimum Gasteiger partial charge on any atom is -0.494 e. The van der Waals surface area contributed by atoms with Crippen LogP contribution in [-0.4, -0.2) is 124 Å². The van der Waals surface area contributed by atoms with E-state index >= 15 is 0 Å². The van der Waals surface area contributed by atoms with Crippen molar-refractivity contribution in [2.24, 2.45) is 5.41 Å². The van der Waals surface area contributed by atoms with Crippen LogP contribution in [0.25, 0.3) is 42.0 Å². The SMILES string of the molecule is CC(C)(CCC(=O)OCOc1ccc2ccc(OCCCCN3CCN(c4cccc5sccc45)CC3)cc2n1)C(=O)OCOc1ccc2ccc(OCCCCN3CCN(c4cccc5sccc45)CC3)cc2n1. The zero-order valence-electron chi connectivity index (χ0n) is 43.0. The van der Waals surface area contributed by atoms with Crippen LogP contribution in [0.15, 0.2) is 120 Å². The molecule has 4 aromatic heterocycles. The Kier molecular flexibility index (Phi) is 17.1. The molecule has 16 heteroatoms. The molecule has 75 heavy (non-hydrogen) atoms. The van der Waals surface area contributed by atoms with Crippen LogP contribution < -0.4 is 28.7 Å². The monoisotopic (exact) mass is 1050 g/mol. The summed E-state index contributed by atoms with van der Waals surface area (Å²) in [4.78, 5) is 45.1. The van der Waals surface area contributed by atoms with Crippen molar-refractivity contribution >= 4 is 88.0 Å². The van der Waals surface area contributed by atoms with Gasteiger partial charge in [-0.3, -0.25) is 19.4 Å². The van der Waals surface area contributed by atoms with Gasteiger partial charge in [-0.25, -0.2) is 9.97 Å². The molecule has 392 valence electrons. The van der Waals surface area contributed by atoms with E-state index < -0.39 is 17.4 Å². The lowest BCUT2D eigenvalue weighted by atomic mass is 9.88. The van der Waals surface area contributed by atoms with E-state index in [2.05, 4.69) is 88.9 Å². The number of anilines is 2. The van der Waals surface area contributed by atoms with Gasteiger partial charge in [-0.05, 0) is 143 Å². The first-order valence-electron chi connectivity index (χ1n) is 26.2. The maximum Gasteiger partial charge on any atom is 0.314 e. The Hall–Kier alpha value is -6.72. The van der Waals surface area contributed by atoms with Crippen LogP contribution in [-0.2, 0) is 19.1 Å². The maximum atomic E-state index is 13.1. The number of ether oxygens (including phenoxy) is 6. The first-order chi connectivity index (χ1) is 36.7. The van der Waals surface area contributed by atoms with Gasteiger partial charge < -0.3 is 38.2 Å². The average molecular weight is 1050 g/mol. The van der Waals surface area contributed by atoms with Crippen LogP contribution in [0.5, 0.6) is 23.3 Å². The Balaban J connectivity index is 0.578. The fourth-order valence-corrected chi connectivity index (χ4v) is 11.4. The highest BCUT2D eigenvalue weighted by Gasteiger charge is 2.31. The summed E-state index contributed by atoms with van der Waals surface area (Å²) in [5.41, 5.74) is 3.16. The van der Waals surface area contributed by atoms with E-state index in [-0.39, 0.29) is 26.4 Å². The molecule has 6 heterocycles. The number of unbranched alkanes of at least 4 members (excludes halogenated alkanes) is 2. The van der Waals surface area contributed by atoms with E-state index in [1.165, 1.54) is 31.5 Å². The Morgan fingerprint density at radius 2 is 1.03 bits per heavy atom. The molecular formula is C59H66N6O8S2. The van der Waals surface area contributed by atoms with Crippen molar-refractivity contribution in [2.45, 2.75) is 52.4 Å². The zero-order valence-corrected chi connectivity index (χ0v) is 44.6. The number of pyridine rings is 2. The summed E-state index contributed by atoms with van der Waals surface area (Å²) in [6, 6.07) is 36.6. The number of piperazine rings is 2. The third-order valence-corrected chi connectivity index (χ3v) is 16.0. The number of benzene rings is 4. The van der Waals surface area contributed by atoms with Crippen LogP contribution in [0, 0.1) is 5.41 Å². The summed E-state index contributed by atoms with van der Waals surface area (Å²) in [6.45, 7) is 14.6. The second-order valence-corrected chi connectivity index (χ2v) is 21.7. The molecule has 2 aliphatic heterocycles. The number of hydrogen-bond donors (Lipinski definition) is 0. The highest BCUT2D eigenvalue weighted by atomic mass is 32.1. The van der Waals surface area contributed by atoms with Crippen LogP contribution in [0.3, 0.4) is 0 Å². The lowest BCUT2D eigenvalue weighted by Gasteiger charge is -2.36. The molecule has 0 bridgehead atoms. The van der Waals surface area contributed by atoms with Crippen molar-refractivity contribution in [1.82, 2.24) is 19.8 Å². The number of carbonyl (C=O) groups excluding carboxylic acids is 2. The number of carbonyl (C=O) groups is 2. The molecule has 0 amide bonds. The van der Waals surface area contributed by atoms with Gasteiger partial charge in [0.25, 0.3) is 0 Å². The zero-order chi connectivity index (χ0) is 51.4. The molecule has 0 spiro atoms. The molecule has 4 aromatic carbocycles. The molecule has 2 fully saturated rings. The van der Waals surface area contributed by atoms with E-state index in [4.69, 9.17) is 28.4 Å². The average Bonchev–Trinajstić information content (AvgIpc) is 4.14. The maximum absolute atomic E-state index is 13.1. The Morgan fingerprint density at radius 1 is 0.547 bits per heavy atom. The number of esters is 2. The van der Waals surface area contributed by atoms with Crippen molar-refractivity contribution in [2.75, 3.05) is 102 Å². The number of fused-ring (bicyclic) bond motifs is 4. The molecule has 8 aromatic rings. The number of thiophene rings is 2. The van der Waals surface area contributed by atoms with Crippen LogP contribution >= 0.6 is 22.7 Å². The van der Waals surface area contributed by atoms with Crippen LogP contribution in [0.1, 0.15) is 52.4 Å². The second kappa shape index (κ2) is 24.7. The quantitative estimate of drug-likeness (QED) is 0.0323. The number of aromatic nitrogens is 2. The molecule has 0 saturated carbocycles. The van der Waals surface area contributed by atoms with E-state index in [0.717, 1.165) is 113 Å². The lowest BCUT2D eigenvalue weighted by Crippen LogP contribution is -2.46. The van der Waals surface area contributed by atoms with Gasteiger partial charge in [0.1, 0.15) is 11.5 Å². The number of nitrogens with zero attached hydrogens (tertiary/aromatic N) is 6. The Morgan fingerprint density at radius 3 is 1.53 bits per heavy atom. The van der Waals surface area contributed by atoms with E-state index in [9.17, 15) is 9.59 Å². The smallest absolute Gasteiger partial charge is 0.314 e. The van der Waals surface area contributed by atoms with E-state index in [1.54, 1.807) is 48.7 Å². The van der Waals surface area contributed by atoms with Gasteiger partial charge in [0.05, 0.1) is 29.7 Å². The van der Waals surface area contributed by atoms with Gasteiger partial charge >= 0.3 is 11.9 Å². The summed E-state index contributed by atoms with van der Waals surface area (Å²) >= 11 is 3.60. The Bertz CT molecular complexity index is 3180. The minimum absolute atomic E-state index is 0.00991. The topological polar surface area (TPSA) is 128 Å². The predicted octanol–water partition coefficient (Wildman–Crippen LogP) is 11.4. The van der Waals surface area contributed by atoms with Crippen molar-refractivity contribution in [3.63, 3.8) is 0 Å². The van der Waals surface area contributed by atoms with Crippen molar-refractivity contribution < 1.29 is 38.0 Å². The standard InChI is InChI=1S/C59H66N6O8S2/c1-59(2,58(67)73-42-71-56-20-16-44-14-18-46(40-50(44)61-56)69-36-6-4-26-63-29-33-65(34-30-63)52-10-8-12-54-48(52)23-38-75-54)24-21-57(66)72-41-70-55-19-15-43-13-17-45(39-49(43)60-55)68-35-5-3-25-62-27-31-64(32-28-62)51-9-7-11-53-47(51)22-37-74-53/h7-20,22-23,37-40H,3-6,21,24-36,41-42H2,1-2H3. The van der Waals surface area contributed by atoms with Gasteiger partial charge in [0, 0.05) is 125 Å². The summed E-state index contributed by atoms with van der Waals surface area (Å²) < 4.78 is 37.2. The molecule has 0 aliphatic carbocycles. The normalized spacial score (nSPS) is 14.7. The van der Waals surface area contributed by atoms with E-state index in [1.807, 2.05) is 48.5 Å². The van der Waals surface area contributed by atoms with Gasteiger partial charge in [0.2, 0.25) is 25.3 Å². The molecule has 0 N–H and O–H groups in total. The summed E-state index contributed by atoms with van der Waals surface area (Å²) in [7, 11) is 0. The lowest BCUT2D eigenvalue weighted by molar-refractivity contribution is -0.162. The van der Waals surface area contributed by atoms with Gasteiger partial charge in [-0.15, -0.1) is 22.7 Å².